The van der Waals surface area contributed by atoms with Gasteiger partial charge >= 0.3 is 0 Å². The fourth-order valence-corrected chi connectivity index (χ4v) is 1.91. The minimum Gasteiger partial charge on any atom is -0.504 e. The number of rotatable bonds is 3. The summed E-state index contributed by atoms with van der Waals surface area (Å²) < 4.78 is 14.2. The fraction of sp³-hybridized carbons (Fsp3) is 0.0769. The van der Waals surface area contributed by atoms with Crippen LogP contribution in [0.4, 0.5) is 10.1 Å². The van der Waals surface area contributed by atoms with E-state index in [1.807, 2.05) is 0 Å². The summed E-state index contributed by atoms with van der Waals surface area (Å²) in [6.07, 6.45) is 0. The molecule has 0 fully saturated rings. The summed E-state index contributed by atoms with van der Waals surface area (Å²) in [6.45, 7) is 0.109. The lowest BCUT2D eigenvalue weighted by molar-refractivity contribution is 0.365. The van der Waals surface area contributed by atoms with Gasteiger partial charge in [-0.2, -0.15) is 0 Å². The lowest BCUT2D eigenvalue weighted by Crippen LogP contribution is -2.01. The zero-order valence-corrected chi connectivity index (χ0v) is 11.3. The molecule has 100 valence electrons. The summed E-state index contributed by atoms with van der Waals surface area (Å²) in [6, 6.07) is 7.24. The van der Waals surface area contributed by atoms with Gasteiger partial charge in [0.15, 0.2) is 11.5 Å². The fourth-order valence-electron chi connectivity index (χ4n) is 1.58. The van der Waals surface area contributed by atoms with E-state index >= 15 is 0 Å². The van der Waals surface area contributed by atoms with Crippen LogP contribution in [0.1, 0.15) is 5.56 Å². The molecule has 4 nitrogen and oxygen atoms in total. The molecule has 0 aliphatic carbocycles. The van der Waals surface area contributed by atoms with E-state index in [1.54, 1.807) is 12.1 Å². The molecule has 0 unspecified atom stereocenters. The largest absolute Gasteiger partial charge is 0.504 e. The molecule has 0 aliphatic rings. The highest BCUT2D eigenvalue weighted by molar-refractivity contribution is 9.10. The van der Waals surface area contributed by atoms with Crippen molar-refractivity contribution in [2.45, 2.75) is 6.54 Å². The number of phenols is 3. The van der Waals surface area contributed by atoms with E-state index in [1.165, 1.54) is 18.2 Å². The second kappa shape index (κ2) is 5.36. The molecule has 19 heavy (non-hydrogen) atoms. The van der Waals surface area contributed by atoms with Crippen LogP contribution in [0.15, 0.2) is 34.8 Å². The second-order valence-corrected chi connectivity index (χ2v) is 4.83. The van der Waals surface area contributed by atoms with E-state index in [2.05, 4.69) is 21.2 Å². The van der Waals surface area contributed by atoms with E-state index in [0.29, 0.717) is 10.0 Å². The molecule has 0 aliphatic heterocycles. The normalized spacial score (nSPS) is 10.4. The second-order valence-electron chi connectivity index (χ2n) is 3.92. The van der Waals surface area contributed by atoms with Gasteiger partial charge in [0.25, 0.3) is 0 Å². The molecule has 6 heteroatoms. The number of hydrogen-bond donors (Lipinski definition) is 4. The van der Waals surface area contributed by atoms with Crippen LogP contribution in [0, 0.1) is 5.82 Å². The Bertz CT molecular complexity index is 619. The van der Waals surface area contributed by atoms with Gasteiger partial charge in [0, 0.05) is 16.6 Å². The smallest absolute Gasteiger partial charge is 0.200 e. The molecule has 2 rings (SSSR count). The van der Waals surface area contributed by atoms with E-state index in [9.17, 15) is 19.7 Å². The van der Waals surface area contributed by atoms with Crippen LogP contribution in [0.2, 0.25) is 0 Å². The maximum Gasteiger partial charge on any atom is 0.200 e. The number of aromatic hydroxyl groups is 3. The SMILES string of the molecule is Oc1ccc(CNc2ccc(Br)cc2F)c(O)c1O. The van der Waals surface area contributed by atoms with Crippen LogP contribution in [-0.2, 0) is 6.54 Å². The summed E-state index contributed by atoms with van der Waals surface area (Å²) >= 11 is 3.15. The summed E-state index contributed by atoms with van der Waals surface area (Å²) in [5.41, 5.74) is 0.618. The van der Waals surface area contributed by atoms with Gasteiger partial charge in [-0.05, 0) is 30.3 Å². The number of benzene rings is 2. The quantitative estimate of drug-likeness (QED) is 0.652. The Hall–Kier alpha value is -1.95. The van der Waals surface area contributed by atoms with E-state index in [4.69, 9.17) is 0 Å². The van der Waals surface area contributed by atoms with E-state index in [0.717, 1.165) is 0 Å². The van der Waals surface area contributed by atoms with Crippen LogP contribution in [0.3, 0.4) is 0 Å². The van der Waals surface area contributed by atoms with Crippen molar-refractivity contribution >= 4 is 21.6 Å². The summed E-state index contributed by atoms with van der Waals surface area (Å²) in [4.78, 5) is 0. The Labute approximate surface area is 117 Å². The number of nitrogens with one attached hydrogen (secondary N) is 1. The van der Waals surface area contributed by atoms with Crippen molar-refractivity contribution in [1.82, 2.24) is 0 Å². The van der Waals surface area contributed by atoms with Crippen LogP contribution in [-0.4, -0.2) is 15.3 Å². The Balaban J connectivity index is 2.17. The molecule has 0 aromatic heterocycles. The predicted molar refractivity (Wildman–Crippen MR) is 72.9 cm³/mol. The molecule has 0 bridgehead atoms. The van der Waals surface area contributed by atoms with Crippen molar-refractivity contribution in [3.63, 3.8) is 0 Å². The van der Waals surface area contributed by atoms with Crippen molar-refractivity contribution in [2.24, 2.45) is 0 Å². The molecule has 0 saturated carbocycles. The number of halogens is 2. The molecule has 0 amide bonds. The summed E-state index contributed by atoms with van der Waals surface area (Å²) in [5, 5.41) is 31.0. The third-order valence-electron chi connectivity index (χ3n) is 2.61. The van der Waals surface area contributed by atoms with Crippen molar-refractivity contribution < 1.29 is 19.7 Å². The van der Waals surface area contributed by atoms with Crippen LogP contribution < -0.4 is 5.32 Å². The third kappa shape index (κ3) is 2.90. The van der Waals surface area contributed by atoms with Crippen LogP contribution in [0.25, 0.3) is 0 Å². The van der Waals surface area contributed by atoms with Gasteiger partial charge in [0.1, 0.15) is 5.82 Å². The molecule has 0 radical (unpaired) electrons. The number of anilines is 1. The molecule has 2 aromatic carbocycles. The first-order valence-electron chi connectivity index (χ1n) is 5.40. The van der Waals surface area contributed by atoms with Gasteiger partial charge < -0.3 is 20.6 Å². The number of phenolic OH excluding ortho intramolecular Hbond substituents is 3. The highest BCUT2D eigenvalue weighted by Gasteiger charge is 2.11. The first kappa shape index (κ1) is 13.5. The Morgan fingerprint density at radius 3 is 2.47 bits per heavy atom. The molecule has 0 atom stereocenters. The van der Waals surface area contributed by atoms with E-state index < -0.39 is 23.1 Å². The van der Waals surface area contributed by atoms with Gasteiger partial charge in [-0.25, -0.2) is 4.39 Å². The molecule has 0 saturated heterocycles. The van der Waals surface area contributed by atoms with Crippen LogP contribution >= 0.6 is 15.9 Å². The summed E-state index contributed by atoms with van der Waals surface area (Å²) in [7, 11) is 0. The molecular formula is C13H11BrFNO3. The first-order chi connectivity index (χ1) is 8.99. The Morgan fingerprint density at radius 2 is 1.79 bits per heavy atom. The van der Waals surface area contributed by atoms with E-state index in [-0.39, 0.29) is 12.2 Å². The topological polar surface area (TPSA) is 72.7 Å². The molecule has 0 spiro atoms. The first-order valence-corrected chi connectivity index (χ1v) is 6.20. The molecule has 0 heterocycles. The average Bonchev–Trinajstić information content (AvgIpc) is 2.37. The maximum absolute atomic E-state index is 13.6. The molecule has 2 aromatic rings. The Morgan fingerprint density at radius 1 is 1.05 bits per heavy atom. The zero-order chi connectivity index (χ0) is 14.0. The summed E-state index contributed by atoms with van der Waals surface area (Å²) in [5.74, 6) is -1.85. The third-order valence-corrected chi connectivity index (χ3v) is 3.11. The zero-order valence-electron chi connectivity index (χ0n) is 9.69. The Kier molecular flexibility index (Phi) is 3.80. The standard InChI is InChI=1S/C13H11BrFNO3/c14-8-2-3-10(9(15)5-8)16-6-7-1-4-11(17)13(19)12(7)18/h1-5,16-19H,6H2. The predicted octanol–water partition coefficient (Wildman–Crippen LogP) is 3.32. The average molecular weight is 328 g/mol. The van der Waals surface area contributed by atoms with Crippen molar-refractivity contribution in [3.05, 3.63) is 46.2 Å². The minimum absolute atomic E-state index is 0.109. The lowest BCUT2D eigenvalue weighted by atomic mass is 10.1. The molecular weight excluding hydrogens is 317 g/mol. The monoisotopic (exact) mass is 327 g/mol. The maximum atomic E-state index is 13.6. The van der Waals surface area contributed by atoms with Gasteiger partial charge in [0.05, 0.1) is 5.69 Å². The number of hydrogen-bond acceptors (Lipinski definition) is 4. The minimum atomic E-state index is -0.587. The van der Waals surface area contributed by atoms with Crippen LogP contribution in [0.5, 0.6) is 17.2 Å². The highest BCUT2D eigenvalue weighted by Crippen LogP contribution is 2.37. The van der Waals surface area contributed by atoms with Gasteiger partial charge in [-0.1, -0.05) is 15.9 Å². The van der Waals surface area contributed by atoms with Crippen molar-refractivity contribution in [2.75, 3.05) is 5.32 Å². The van der Waals surface area contributed by atoms with Gasteiger partial charge in [-0.15, -0.1) is 0 Å². The van der Waals surface area contributed by atoms with Gasteiger partial charge in [0.2, 0.25) is 5.75 Å². The van der Waals surface area contributed by atoms with Gasteiger partial charge in [-0.3, -0.25) is 0 Å². The van der Waals surface area contributed by atoms with Crippen molar-refractivity contribution in [1.29, 1.82) is 0 Å². The molecule has 4 N–H and O–H groups in total. The highest BCUT2D eigenvalue weighted by atomic mass is 79.9. The van der Waals surface area contributed by atoms with Crippen molar-refractivity contribution in [3.8, 4) is 17.2 Å². The lowest BCUT2D eigenvalue weighted by Gasteiger charge is -2.10.